The lowest BCUT2D eigenvalue weighted by Gasteiger charge is -2.17. The fourth-order valence-corrected chi connectivity index (χ4v) is 0.969. The molecule has 0 aromatic rings. The van der Waals surface area contributed by atoms with Gasteiger partial charge in [-0.3, -0.25) is 14.6 Å². The van der Waals surface area contributed by atoms with Gasteiger partial charge in [-0.25, -0.2) is 5.84 Å². The maximum atomic E-state index is 11.3. The lowest BCUT2D eigenvalue weighted by Crippen LogP contribution is -2.36. The summed E-state index contributed by atoms with van der Waals surface area (Å²) in [7, 11) is 3.19. The van der Waals surface area contributed by atoms with Crippen LogP contribution >= 0.6 is 0 Å². The molecule has 0 heterocycles. The summed E-state index contributed by atoms with van der Waals surface area (Å²) < 4.78 is 0. The molecular formula is C9H19N3O2. The topological polar surface area (TPSA) is 66.6 Å². The molecule has 5 heteroatoms. The molecule has 0 radical (unpaired) electrons. The van der Waals surface area contributed by atoms with Gasteiger partial charge in [0.05, 0.1) is 0 Å². The Labute approximate surface area is 84.8 Å². The van der Waals surface area contributed by atoms with Gasteiger partial charge in [-0.2, -0.15) is 0 Å². The van der Waals surface area contributed by atoms with Crippen molar-refractivity contribution in [3.8, 4) is 0 Å². The smallest absolute Gasteiger partial charge is 0.237 e. The first-order valence-corrected chi connectivity index (χ1v) is 4.74. The third kappa shape index (κ3) is 4.81. The SMILES string of the molecule is CCCC(=O)N(C)CCC(=O)N(C)N. The van der Waals surface area contributed by atoms with E-state index < -0.39 is 0 Å². The van der Waals surface area contributed by atoms with Gasteiger partial charge in [0.15, 0.2) is 0 Å². The number of carbonyl (C=O) groups is 2. The molecule has 2 amide bonds. The molecule has 14 heavy (non-hydrogen) atoms. The number of hydrazine groups is 1. The second-order valence-electron chi connectivity index (χ2n) is 3.32. The molecule has 2 N–H and O–H groups in total. The van der Waals surface area contributed by atoms with E-state index in [1.807, 2.05) is 6.92 Å². The Morgan fingerprint density at radius 2 is 1.71 bits per heavy atom. The van der Waals surface area contributed by atoms with Gasteiger partial charge in [0, 0.05) is 33.5 Å². The quantitative estimate of drug-likeness (QED) is 0.386. The maximum Gasteiger partial charge on any atom is 0.237 e. The summed E-state index contributed by atoms with van der Waals surface area (Å²) in [5.74, 6) is 5.14. The monoisotopic (exact) mass is 201 g/mol. The van der Waals surface area contributed by atoms with Crippen molar-refractivity contribution in [1.82, 2.24) is 9.91 Å². The number of nitrogens with zero attached hydrogens (tertiary/aromatic N) is 2. The third-order valence-corrected chi connectivity index (χ3v) is 1.94. The lowest BCUT2D eigenvalue weighted by molar-refractivity contribution is -0.133. The minimum Gasteiger partial charge on any atom is -0.345 e. The van der Waals surface area contributed by atoms with Crippen LogP contribution in [0.2, 0.25) is 0 Å². The summed E-state index contributed by atoms with van der Waals surface area (Å²) in [5, 5.41) is 1.04. The molecule has 0 fully saturated rings. The maximum absolute atomic E-state index is 11.3. The molecule has 5 nitrogen and oxygen atoms in total. The number of rotatable bonds is 5. The number of amides is 2. The van der Waals surface area contributed by atoms with Crippen LogP contribution in [0.15, 0.2) is 0 Å². The van der Waals surface area contributed by atoms with E-state index in [0.29, 0.717) is 13.0 Å². The average molecular weight is 201 g/mol. The van der Waals surface area contributed by atoms with E-state index in [-0.39, 0.29) is 18.2 Å². The molecule has 0 saturated carbocycles. The first-order valence-electron chi connectivity index (χ1n) is 4.74. The molecule has 0 bridgehead atoms. The first-order chi connectivity index (χ1) is 6.49. The van der Waals surface area contributed by atoms with Gasteiger partial charge in [0.25, 0.3) is 0 Å². The van der Waals surface area contributed by atoms with Gasteiger partial charge >= 0.3 is 0 Å². The fraction of sp³-hybridized carbons (Fsp3) is 0.778. The van der Waals surface area contributed by atoms with Crippen LogP contribution in [0.5, 0.6) is 0 Å². The Bertz CT molecular complexity index is 204. The van der Waals surface area contributed by atoms with E-state index in [1.54, 1.807) is 11.9 Å². The van der Waals surface area contributed by atoms with Gasteiger partial charge in [-0.05, 0) is 6.42 Å². The zero-order chi connectivity index (χ0) is 11.1. The van der Waals surface area contributed by atoms with Gasteiger partial charge in [0.1, 0.15) is 0 Å². The number of hydrogen-bond donors (Lipinski definition) is 1. The molecule has 0 atom stereocenters. The van der Waals surface area contributed by atoms with E-state index in [1.165, 1.54) is 7.05 Å². The van der Waals surface area contributed by atoms with Crippen LogP contribution in [0.1, 0.15) is 26.2 Å². The van der Waals surface area contributed by atoms with Crippen LogP contribution in [0.3, 0.4) is 0 Å². The number of hydrogen-bond acceptors (Lipinski definition) is 3. The van der Waals surface area contributed by atoms with Gasteiger partial charge in [0.2, 0.25) is 11.8 Å². The molecule has 0 aromatic carbocycles. The highest BCUT2D eigenvalue weighted by Crippen LogP contribution is 1.96. The summed E-state index contributed by atoms with van der Waals surface area (Å²) in [4.78, 5) is 23.9. The first kappa shape index (κ1) is 12.9. The Morgan fingerprint density at radius 3 is 2.14 bits per heavy atom. The van der Waals surface area contributed by atoms with Crippen molar-refractivity contribution in [3.05, 3.63) is 0 Å². The molecule has 0 aromatic heterocycles. The summed E-state index contributed by atoms with van der Waals surface area (Å²) in [6.07, 6.45) is 1.63. The Kier molecular flexibility index (Phi) is 5.87. The zero-order valence-electron chi connectivity index (χ0n) is 9.12. The van der Waals surface area contributed by atoms with Crippen molar-refractivity contribution in [2.75, 3.05) is 20.6 Å². The molecule has 0 aliphatic rings. The minimum absolute atomic E-state index is 0.0694. The summed E-state index contributed by atoms with van der Waals surface area (Å²) in [6, 6.07) is 0. The zero-order valence-corrected chi connectivity index (χ0v) is 9.12. The van der Waals surface area contributed by atoms with Crippen LogP contribution in [-0.4, -0.2) is 42.4 Å². The molecule has 0 aliphatic heterocycles. The fourth-order valence-electron chi connectivity index (χ4n) is 0.969. The van der Waals surface area contributed by atoms with Crippen LogP contribution in [0.25, 0.3) is 0 Å². The predicted octanol–water partition coefficient (Wildman–Crippen LogP) is -0.0329. The van der Waals surface area contributed by atoms with E-state index in [9.17, 15) is 9.59 Å². The Hall–Kier alpha value is -1.10. The van der Waals surface area contributed by atoms with Crippen molar-refractivity contribution in [2.45, 2.75) is 26.2 Å². The van der Waals surface area contributed by atoms with Crippen LogP contribution in [-0.2, 0) is 9.59 Å². The van der Waals surface area contributed by atoms with Crippen molar-refractivity contribution < 1.29 is 9.59 Å². The molecular weight excluding hydrogens is 182 g/mol. The van der Waals surface area contributed by atoms with Gasteiger partial charge in [-0.15, -0.1) is 0 Å². The van der Waals surface area contributed by atoms with Gasteiger partial charge in [-0.1, -0.05) is 6.92 Å². The Morgan fingerprint density at radius 1 is 1.14 bits per heavy atom. The van der Waals surface area contributed by atoms with Crippen molar-refractivity contribution in [2.24, 2.45) is 5.84 Å². The van der Waals surface area contributed by atoms with Crippen molar-refractivity contribution in [1.29, 1.82) is 0 Å². The lowest BCUT2D eigenvalue weighted by atomic mass is 10.3. The largest absolute Gasteiger partial charge is 0.345 e. The summed E-state index contributed by atoms with van der Waals surface area (Å²) in [5.41, 5.74) is 0. The molecule has 0 unspecified atom stereocenters. The van der Waals surface area contributed by atoms with E-state index >= 15 is 0 Å². The van der Waals surface area contributed by atoms with Gasteiger partial charge < -0.3 is 4.90 Å². The van der Waals surface area contributed by atoms with E-state index in [0.717, 1.165) is 11.4 Å². The standard InChI is InChI=1S/C9H19N3O2/c1-4-5-8(13)11(2)7-6-9(14)12(3)10/h4-7,10H2,1-3H3. The summed E-state index contributed by atoms with van der Waals surface area (Å²) in [6.45, 7) is 2.38. The highest BCUT2D eigenvalue weighted by Gasteiger charge is 2.10. The highest BCUT2D eigenvalue weighted by molar-refractivity contribution is 5.78. The van der Waals surface area contributed by atoms with Crippen molar-refractivity contribution in [3.63, 3.8) is 0 Å². The molecule has 82 valence electrons. The Balaban J connectivity index is 3.78. The summed E-state index contributed by atoms with van der Waals surface area (Å²) >= 11 is 0. The highest BCUT2D eigenvalue weighted by atomic mass is 16.2. The predicted molar refractivity (Wildman–Crippen MR) is 54.1 cm³/mol. The van der Waals surface area contributed by atoms with Crippen LogP contribution in [0, 0.1) is 0 Å². The van der Waals surface area contributed by atoms with Crippen molar-refractivity contribution >= 4 is 11.8 Å². The minimum atomic E-state index is -0.166. The van der Waals surface area contributed by atoms with Crippen LogP contribution < -0.4 is 5.84 Å². The number of nitrogens with two attached hydrogens (primary N) is 1. The average Bonchev–Trinajstić information content (AvgIpc) is 2.13. The number of carbonyl (C=O) groups excluding carboxylic acids is 2. The molecule has 0 saturated heterocycles. The third-order valence-electron chi connectivity index (χ3n) is 1.94. The second kappa shape index (κ2) is 6.37. The van der Waals surface area contributed by atoms with Crippen LogP contribution in [0.4, 0.5) is 0 Å². The second-order valence-corrected chi connectivity index (χ2v) is 3.32. The molecule has 0 rings (SSSR count). The normalized spacial score (nSPS) is 9.71. The molecule has 0 spiro atoms. The van der Waals surface area contributed by atoms with E-state index in [4.69, 9.17) is 5.84 Å². The molecule has 0 aliphatic carbocycles. The van der Waals surface area contributed by atoms with E-state index in [2.05, 4.69) is 0 Å².